The van der Waals surface area contributed by atoms with Crippen LogP contribution in [0, 0.1) is 0 Å². The van der Waals surface area contributed by atoms with E-state index in [-0.39, 0.29) is 5.78 Å². The van der Waals surface area contributed by atoms with Crippen molar-refractivity contribution in [3.8, 4) is 0 Å². The summed E-state index contributed by atoms with van der Waals surface area (Å²) in [5, 5.41) is 2.41. The molecule has 0 atom stereocenters. The fraction of sp³-hybridized carbons (Fsp3) is 0.385. The van der Waals surface area contributed by atoms with Crippen LogP contribution in [0.5, 0.6) is 0 Å². The number of alkyl halides is 1. The van der Waals surface area contributed by atoms with Gasteiger partial charge in [0, 0.05) is 34.0 Å². The monoisotopic (exact) mass is 557 g/mol. The number of halogens is 1. The summed E-state index contributed by atoms with van der Waals surface area (Å²) in [7, 11) is 0. The number of carbonyl (C=O) groups is 1. The third-order valence-electron chi connectivity index (χ3n) is 6.63. The number of carbonyl (C=O) groups excluding carboxylic acids is 1. The third-order valence-corrected chi connectivity index (χ3v) is 8.65. The highest BCUT2D eigenvalue weighted by molar-refractivity contribution is 14.1. The summed E-state index contributed by atoms with van der Waals surface area (Å²) in [5.41, 5.74) is 4.54. The lowest BCUT2D eigenvalue weighted by atomic mass is 9.97. The van der Waals surface area contributed by atoms with E-state index in [1.54, 1.807) is 6.92 Å². The lowest BCUT2D eigenvalue weighted by Gasteiger charge is -2.31. The molecule has 0 spiro atoms. The second-order valence-electron chi connectivity index (χ2n) is 8.73. The molecule has 32 heavy (non-hydrogen) atoms. The minimum absolute atomic E-state index is 0.149. The number of nitrogens with zero attached hydrogens (tertiary/aromatic N) is 3. The van der Waals surface area contributed by atoms with Gasteiger partial charge in [0.15, 0.2) is 5.78 Å². The zero-order chi connectivity index (χ0) is 22.1. The molecule has 3 heterocycles. The number of hydrogen-bond acceptors (Lipinski definition) is 4. The Balaban J connectivity index is 1.20. The third kappa shape index (κ3) is 4.37. The Morgan fingerprint density at radius 1 is 1.12 bits per heavy atom. The standard InChI is InChI=1S/C26H28IN3OS/c1-18(31)22-17-30(25-20(16-27)6-4-7-21(22)25)13-5-12-29-14-10-19(11-15-29)26-28-23-8-2-3-9-24(23)32-26/h2-4,6-9,17,19H,5,10-16H2,1H3. The van der Waals surface area contributed by atoms with E-state index >= 15 is 0 Å². The molecule has 166 valence electrons. The van der Waals surface area contributed by atoms with Crippen LogP contribution >= 0.6 is 33.9 Å². The zero-order valence-electron chi connectivity index (χ0n) is 18.4. The smallest absolute Gasteiger partial charge is 0.161 e. The van der Waals surface area contributed by atoms with E-state index in [1.807, 2.05) is 11.3 Å². The summed E-state index contributed by atoms with van der Waals surface area (Å²) < 4.78 is 4.57. The first-order valence-corrected chi connectivity index (χ1v) is 13.7. The van der Waals surface area contributed by atoms with Gasteiger partial charge in [0.25, 0.3) is 0 Å². The molecule has 0 aliphatic carbocycles. The number of likely N-dealkylation sites (tertiary alicyclic amines) is 1. The number of hydrogen-bond donors (Lipinski definition) is 0. The number of benzene rings is 2. The van der Waals surface area contributed by atoms with Crippen LogP contribution in [0.3, 0.4) is 0 Å². The molecule has 0 saturated carbocycles. The molecular weight excluding hydrogens is 529 g/mol. The Kier molecular flexibility index (Phi) is 6.62. The number of piperidine rings is 1. The summed E-state index contributed by atoms with van der Waals surface area (Å²) in [6.07, 6.45) is 5.56. The SMILES string of the molecule is CC(=O)c1cn(CCCN2CCC(c3nc4ccccc4s3)CC2)c2c(CI)cccc12. The molecule has 5 rings (SSSR count). The maximum absolute atomic E-state index is 12.2. The predicted molar refractivity (Wildman–Crippen MR) is 142 cm³/mol. The summed E-state index contributed by atoms with van der Waals surface area (Å²) in [6, 6.07) is 14.8. The van der Waals surface area contributed by atoms with Crippen LogP contribution in [0.15, 0.2) is 48.7 Å². The fourth-order valence-corrected chi connectivity index (χ4v) is 6.69. The Bertz CT molecular complexity index is 1220. The van der Waals surface area contributed by atoms with Gasteiger partial charge in [-0.3, -0.25) is 4.79 Å². The molecule has 4 aromatic rings. The van der Waals surface area contributed by atoms with Crippen molar-refractivity contribution in [2.75, 3.05) is 19.6 Å². The largest absolute Gasteiger partial charge is 0.346 e. The van der Waals surface area contributed by atoms with Gasteiger partial charge in [-0.05, 0) is 63.5 Å². The number of rotatable bonds is 7. The number of Topliss-reactive ketones (excluding diaryl/α,β-unsaturated/α-hetero) is 1. The molecule has 0 radical (unpaired) electrons. The van der Waals surface area contributed by atoms with Gasteiger partial charge in [-0.1, -0.05) is 52.9 Å². The van der Waals surface area contributed by atoms with Crippen LogP contribution in [0.4, 0.5) is 0 Å². The molecule has 1 fully saturated rings. The van der Waals surface area contributed by atoms with Crippen molar-refractivity contribution in [3.05, 3.63) is 64.8 Å². The normalized spacial score (nSPS) is 15.7. The van der Waals surface area contributed by atoms with Crippen LogP contribution in [0.2, 0.25) is 0 Å². The number of fused-ring (bicyclic) bond motifs is 2. The highest BCUT2D eigenvalue weighted by Gasteiger charge is 2.23. The predicted octanol–water partition coefficient (Wildman–Crippen LogP) is 6.66. The van der Waals surface area contributed by atoms with Crippen molar-refractivity contribution in [1.82, 2.24) is 14.5 Å². The summed E-state index contributed by atoms with van der Waals surface area (Å²) in [6.45, 7) is 6.02. The molecule has 1 aliphatic heterocycles. The highest BCUT2D eigenvalue weighted by Crippen LogP contribution is 2.34. The first kappa shape index (κ1) is 22.0. The van der Waals surface area contributed by atoms with E-state index in [0.29, 0.717) is 5.92 Å². The molecule has 0 amide bonds. The van der Waals surface area contributed by atoms with E-state index in [9.17, 15) is 4.79 Å². The van der Waals surface area contributed by atoms with Crippen LogP contribution in [0.25, 0.3) is 21.1 Å². The van der Waals surface area contributed by atoms with Gasteiger partial charge in [0.1, 0.15) is 0 Å². The van der Waals surface area contributed by atoms with Gasteiger partial charge in [0.05, 0.1) is 20.7 Å². The molecule has 0 bridgehead atoms. The summed E-state index contributed by atoms with van der Waals surface area (Å²) >= 11 is 4.29. The van der Waals surface area contributed by atoms with Crippen molar-refractivity contribution in [2.45, 2.75) is 43.1 Å². The van der Waals surface area contributed by atoms with Crippen molar-refractivity contribution in [2.24, 2.45) is 0 Å². The molecule has 1 aliphatic rings. The van der Waals surface area contributed by atoms with Gasteiger partial charge in [-0.15, -0.1) is 11.3 Å². The minimum atomic E-state index is 0.149. The average Bonchev–Trinajstić information content (AvgIpc) is 3.41. The number of aromatic nitrogens is 2. The second-order valence-corrected chi connectivity index (χ2v) is 10.6. The number of para-hydroxylation sites is 2. The molecule has 2 aromatic carbocycles. The quantitative estimate of drug-likeness (QED) is 0.145. The van der Waals surface area contributed by atoms with Crippen LogP contribution < -0.4 is 0 Å². The number of thiazole rings is 1. The maximum Gasteiger partial charge on any atom is 0.161 e. The lowest BCUT2D eigenvalue weighted by Crippen LogP contribution is -2.34. The molecule has 1 saturated heterocycles. The van der Waals surface area contributed by atoms with Crippen molar-refractivity contribution >= 4 is 60.8 Å². The van der Waals surface area contributed by atoms with Gasteiger partial charge in [-0.25, -0.2) is 4.98 Å². The summed E-state index contributed by atoms with van der Waals surface area (Å²) in [4.78, 5) is 19.7. The fourth-order valence-electron chi connectivity index (χ4n) is 4.94. The van der Waals surface area contributed by atoms with Gasteiger partial charge in [-0.2, -0.15) is 0 Å². The van der Waals surface area contributed by atoms with Crippen molar-refractivity contribution in [1.29, 1.82) is 0 Å². The number of ketones is 1. The minimum Gasteiger partial charge on any atom is -0.346 e. The molecule has 4 nitrogen and oxygen atoms in total. The Hall–Kier alpha value is -1.77. The van der Waals surface area contributed by atoms with Gasteiger partial charge < -0.3 is 9.47 Å². The Morgan fingerprint density at radius 3 is 2.69 bits per heavy atom. The van der Waals surface area contributed by atoms with Gasteiger partial charge >= 0.3 is 0 Å². The van der Waals surface area contributed by atoms with E-state index in [4.69, 9.17) is 4.98 Å². The lowest BCUT2D eigenvalue weighted by molar-refractivity contribution is 0.101. The van der Waals surface area contributed by atoms with E-state index in [2.05, 4.69) is 80.7 Å². The van der Waals surface area contributed by atoms with Crippen molar-refractivity contribution < 1.29 is 4.79 Å². The van der Waals surface area contributed by atoms with E-state index in [1.165, 1.54) is 33.6 Å². The topological polar surface area (TPSA) is 38.1 Å². The molecule has 0 N–H and O–H groups in total. The molecule has 0 unspecified atom stereocenters. The highest BCUT2D eigenvalue weighted by atomic mass is 127. The second kappa shape index (κ2) is 9.61. The van der Waals surface area contributed by atoms with E-state index < -0.39 is 0 Å². The number of aryl methyl sites for hydroxylation is 1. The van der Waals surface area contributed by atoms with Gasteiger partial charge in [0.2, 0.25) is 0 Å². The van der Waals surface area contributed by atoms with Crippen molar-refractivity contribution in [3.63, 3.8) is 0 Å². The van der Waals surface area contributed by atoms with Crippen LogP contribution in [-0.4, -0.2) is 39.9 Å². The summed E-state index contributed by atoms with van der Waals surface area (Å²) in [5.74, 6) is 0.748. The Morgan fingerprint density at radius 2 is 1.94 bits per heavy atom. The molecule has 6 heteroatoms. The van der Waals surface area contributed by atoms with Crippen LogP contribution in [0.1, 0.15) is 53.0 Å². The average molecular weight is 558 g/mol. The maximum atomic E-state index is 12.2. The molecular formula is C26H28IN3OS. The zero-order valence-corrected chi connectivity index (χ0v) is 21.4. The first-order chi connectivity index (χ1) is 15.6. The van der Waals surface area contributed by atoms with Crippen LogP contribution in [-0.2, 0) is 11.0 Å². The van der Waals surface area contributed by atoms with E-state index in [0.717, 1.165) is 53.5 Å². The Labute approximate surface area is 206 Å². The molecule has 2 aromatic heterocycles. The first-order valence-electron chi connectivity index (χ1n) is 11.4.